The number of rotatable bonds is 7. The highest BCUT2D eigenvalue weighted by molar-refractivity contribution is 6.01. The van der Waals surface area contributed by atoms with Crippen molar-refractivity contribution < 1.29 is 24.2 Å². The van der Waals surface area contributed by atoms with Gasteiger partial charge in [0.2, 0.25) is 5.91 Å². The van der Waals surface area contributed by atoms with Crippen molar-refractivity contribution in [3.8, 4) is 11.5 Å². The Balaban J connectivity index is 1.44. The van der Waals surface area contributed by atoms with E-state index in [1.54, 1.807) is 42.5 Å². The summed E-state index contributed by atoms with van der Waals surface area (Å²) in [6.07, 6.45) is 0.817. The lowest BCUT2D eigenvalue weighted by Crippen LogP contribution is -2.26. The fourth-order valence-electron chi connectivity index (χ4n) is 2.73. The average molecular weight is 368 g/mol. The number of carbonyl (C=O) groups excluding carboxylic acids is 3. The second-order valence-electron chi connectivity index (χ2n) is 6.24. The normalized spacial score (nSPS) is 12.5. The van der Waals surface area contributed by atoms with E-state index in [4.69, 9.17) is 4.74 Å². The summed E-state index contributed by atoms with van der Waals surface area (Å²) >= 11 is 0. The van der Waals surface area contributed by atoms with E-state index in [9.17, 15) is 19.5 Å². The minimum Gasteiger partial charge on any atom is -0.508 e. The third-order valence-corrected chi connectivity index (χ3v) is 4.19. The Hall–Kier alpha value is -3.35. The van der Waals surface area contributed by atoms with Crippen molar-refractivity contribution in [2.24, 2.45) is 0 Å². The van der Waals surface area contributed by atoms with Crippen LogP contribution in [0.3, 0.4) is 0 Å². The van der Waals surface area contributed by atoms with Crippen LogP contribution in [0.1, 0.15) is 28.8 Å². The molecule has 7 nitrogen and oxygen atoms in total. The summed E-state index contributed by atoms with van der Waals surface area (Å²) in [4.78, 5) is 35.6. The second-order valence-corrected chi connectivity index (χ2v) is 6.24. The van der Waals surface area contributed by atoms with Gasteiger partial charge in [-0.15, -0.1) is 0 Å². The molecule has 1 aliphatic rings. The van der Waals surface area contributed by atoms with Gasteiger partial charge >= 0.3 is 0 Å². The van der Waals surface area contributed by atoms with E-state index in [0.717, 1.165) is 5.56 Å². The molecule has 1 aliphatic heterocycles. The summed E-state index contributed by atoms with van der Waals surface area (Å²) < 4.78 is 5.25. The molecule has 0 fully saturated rings. The number of ketones is 1. The molecule has 27 heavy (non-hydrogen) atoms. The van der Waals surface area contributed by atoms with Crippen LogP contribution in [0.15, 0.2) is 42.5 Å². The Kier molecular flexibility index (Phi) is 5.71. The van der Waals surface area contributed by atoms with Gasteiger partial charge in [0.1, 0.15) is 11.5 Å². The van der Waals surface area contributed by atoms with Crippen LogP contribution in [0.4, 0.5) is 5.69 Å². The molecule has 0 aromatic heterocycles. The zero-order valence-electron chi connectivity index (χ0n) is 14.7. The Labute approximate surface area is 156 Å². The quantitative estimate of drug-likeness (QED) is 0.649. The highest BCUT2D eigenvalue weighted by Gasteiger charge is 2.18. The Morgan fingerprint density at radius 1 is 1.11 bits per heavy atom. The van der Waals surface area contributed by atoms with Crippen LogP contribution in [0.2, 0.25) is 0 Å². The maximum atomic E-state index is 12.3. The molecular formula is C20H20N2O5. The van der Waals surface area contributed by atoms with Crippen molar-refractivity contribution in [1.82, 2.24) is 5.32 Å². The van der Waals surface area contributed by atoms with Gasteiger partial charge in [-0.1, -0.05) is 12.1 Å². The first-order valence-corrected chi connectivity index (χ1v) is 8.66. The maximum Gasteiger partial charge on any atom is 0.262 e. The molecule has 3 rings (SSSR count). The van der Waals surface area contributed by atoms with Crippen molar-refractivity contribution in [3.05, 3.63) is 53.6 Å². The largest absolute Gasteiger partial charge is 0.508 e. The lowest BCUT2D eigenvalue weighted by Gasteiger charge is -2.18. The second kappa shape index (κ2) is 8.35. The van der Waals surface area contributed by atoms with Crippen LogP contribution < -0.4 is 15.4 Å². The zero-order chi connectivity index (χ0) is 19.2. The number of phenols is 1. The molecule has 7 heteroatoms. The number of nitrogens with one attached hydrogen (secondary N) is 2. The predicted octanol–water partition coefficient (Wildman–Crippen LogP) is 2.04. The minimum atomic E-state index is -0.264. The molecule has 1 heterocycles. The van der Waals surface area contributed by atoms with E-state index >= 15 is 0 Å². The lowest BCUT2D eigenvalue weighted by molar-refractivity contribution is -0.121. The van der Waals surface area contributed by atoms with Gasteiger partial charge < -0.3 is 20.5 Å². The summed E-state index contributed by atoms with van der Waals surface area (Å²) in [6, 6.07) is 11.6. The third kappa shape index (κ3) is 5.07. The van der Waals surface area contributed by atoms with E-state index in [1.165, 1.54) is 0 Å². The molecule has 0 saturated carbocycles. The molecule has 2 aromatic rings. The van der Waals surface area contributed by atoms with Gasteiger partial charge in [-0.3, -0.25) is 14.4 Å². The first-order valence-electron chi connectivity index (χ1n) is 8.66. The van der Waals surface area contributed by atoms with Crippen LogP contribution in [0, 0.1) is 0 Å². The first-order chi connectivity index (χ1) is 13.0. The first kappa shape index (κ1) is 18.4. The fraction of sp³-hybridized carbons (Fsp3) is 0.250. The van der Waals surface area contributed by atoms with E-state index in [-0.39, 0.29) is 42.8 Å². The molecule has 0 bridgehead atoms. The third-order valence-electron chi connectivity index (χ3n) is 4.19. The molecule has 0 spiro atoms. The molecule has 0 radical (unpaired) electrons. The number of fused-ring (bicyclic) bond motifs is 1. The van der Waals surface area contributed by atoms with E-state index in [0.29, 0.717) is 30.0 Å². The molecule has 0 atom stereocenters. The van der Waals surface area contributed by atoms with Crippen molar-refractivity contribution in [3.63, 3.8) is 0 Å². The highest BCUT2D eigenvalue weighted by atomic mass is 16.5. The number of ether oxygens (including phenoxy) is 1. The number of benzene rings is 2. The zero-order valence-corrected chi connectivity index (χ0v) is 14.7. The molecule has 3 N–H and O–H groups in total. The summed E-state index contributed by atoms with van der Waals surface area (Å²) in [5, 5.41) is 14.7. The van der Waals surface area contributed by atoms with Gasteiger partial charge in [-0.2, -0.15) is 0 Å². The molecule has 140 valence electrons. The number of anilines is 1. The molecule has 2 aromatic carbocycles. The van der Waals surface area contributed by atoms with Crippen molar-refractivity contribution in [1.29, 1.82) is 0 Å². The molecule has 2 amide bonds. The van der Waals surface area contributed by atoms with Crippen molar-refractivity contribution in [2.75, 3.05) is 18.5 Å². The number of carbonyl (C=O) groups is 3. The van der Waals surface area contributed by atoms with Gasteiger partial charge in [0.25, 0.3) is 5.91 Å². The number of aromatic hydroxyl groups is 1. The maximum absolute atomic E-state index is 12.3. The standard InChI is InChI=1S/C20H20N2O5/c23-15-4-1-13(2-5-15)9-10-21-19(25)8-6-17(24)14-3-7-18-16(11-14)22-20(26)12-27-18/h1-5,7,11,23H,6,8-10,12H2,(H,21,25)(H,22,26). The highest BCUT2D eigenvalue weighted by Crippen LogP contribution is 2.28. The monoisotopic (exact) mass is 368 g/mol. The summed E-state index contributed by atoms with van der Waals surface area (Å²) in [6.45, 7) is 0.421. The Morgan fingerprint density at radius 2 is 1.89 bits per heavy atom. The van der Waals surface area contributed by atoms with Crippen LogP contribution >= 0.6 is 0 Å². The van der Waals surface area contributed by atoms with E-state index in [2.05, 4.69) is 10.6 Å². The van der Waals surface area contributed by atoms with Crippen molar-refractivity contribution >= 4 is 23.3 Å². The van der Waals surface area contributed by atoms with Crippen LogP contribution in [-0.4, -0.2) is 35.9 Å². The Morgan fingerprint density at radius 3 is 2.67 bits per heavy atom. The average Bonchev–Trinajstić information content (AvgIpc) is 2.67. The number of phenolic OH excluding ortho intramolecular Hbond substituents is 1. The molecular weight excluding hydrogens is 348 g/mol. The van der Waals surface area contributed by atoms with Crippen LogP contribution in [-0.2, 0) is 16.0 Å². The van der Waals surface area contributed by atoms with Gasteiger partial charge in [0.05, 0.1) is 5.69 Å². The molecule has 0 saturated heterocycles. The van der Waals surface area contributed by atoms with Gasteiger partial charge in [-0.25, -0.2) is 0 Å². The lowest BCUT2D eigenvalue weighted by atomic mass is 10.0. The molecule has 0 unspecified atom stereocenters. The van der Waals surface area contributed by atoms with E-state index < -0.39 is 0 Å². The van der Waals surface area contributed by atoms with Crippen molar-refractivity contribution in [2.45, 2.75) is 19.3 Å². The topological polar surface area (TPSA) is 105 Å². The SMILES string of the molecule is O=C(CCC(=O)c1ccc2c(c1)NC(=O)CO2)NCCc1ccc(O)cc1. The smallest absolute Gasteiger partial charge is 0.262 e. The number of Topliss-reactive ketones (excluding diaryl/α,β-unsaturated/α-hetero) is 1. The van der Waals surface area contributed by atoms with Gasteiger partial charge in [0.15, 0.2) is 12.4 Å². The predicted molar refractivity (Wildman–Crippen MR) is 99.0 cm³/mol. The minimum absolute atomic E-state index is 0.0371. The fourth-order valence-corrected chi connectivity index (χ4v) is 2.73. The molecule has 0 aliphatic carbocycles. The van der Waals surface area contributed by atoms with Gasteiger partial charge in [0, 0.05) is 24.9 Å². The summed E-state index contributed by atoms with van der Waals surface area (Å²) in [5.74, 6) is 0.0934. The summed E-state index contributed by atoms with van der Waals surface area (Å²) in [5.41, 5.74) is 1.90. The van der Waals surface area contributed by atoms with Crippen LogP contribution in [0.5, 0.6) is 11.5 Å². The summed E-state index contributed by atoms with van der Waals surface area (Å²) in [7, 11) is 0. The van der Waals surface area contributed by atoms with Crippen LogP contribution in [0.25, 0.3) is 0 Å². The van der Waals surface area contributed by atoms with Gasteiger partial charge in [-0.05, 0) is 42.3 Å². The number of hydrogen-bond donors (Lipinski definition) is 3. The van der Waals surface area contributed by atoms with E-state index in [1.807, 2.05) is 0 Å². The number of amides is 2. The Bertz CT molecular complexity index is 861. The number of hydrogen-bond acceptors (Lipinski definition) is 5.